The first-order valence-electron chi connectivity index (χ1n) is 11.1. The van der Waals surface area contributed by atoms with Crippen LogP contribution in [0.15, 0.2) is 59.7 Å². The zero-order valence-electron chi connectivity index (χ0n) is 18.5. The summed E-state index contributed by atoms with van der Waals surface area (Å²) in [7, 11) is 0. The molecule has 5 rings (SSSR count). The van der Waals surface area contributed by atoms with E-state index in [1.54, 1.807) is 35.2 Å². The molecule has 8 nitrogen and oxygen atoms in total. The van der Waals surface area contributed by atoms with Crippen molar-refractivity contribution in [3.63, 3.8) is 0 Å². The first-order chi connectivity index (χ1) is 16.1. The summed E-state index contributed by atoms with van der Waals surface area (Å²) in [5, 5.41) is 0.436. The second-order valence-corrected chi connectivity index (χ2v) is 7.84. The number of para-hydroxylation sites is 2. The second-order valence-electron chi connectivity index (χ2n) is 7.84. The minimum Gasteiger partial charge on any atom is -0.462 e. The van der Waals surface area contributed by atoms with Gasteiger partial charge in [-0.15, -0.1) is 0 Å². The van der Waals surface area contributed by atoms with Crippen LogP contribution < -0.4 is 5.56 Å². The number of ether oxygens (including phenoxy) is 1. The molecular formula is C25H23N5O3. The number of benzene rings is 2. The van der Waals surface area contributed by atoms with Gasteiger partial charge in [-0.1, -0.05) is 26.0 Å². The van der Waals surface area contributed by atoms with Crippen LogP contribution in [0.5, 0.6) is 0 Å². The fourth-order valence-corrected chi connectivity index (χ4v) is 3.94. The lowest BCUT2D eigenvalue weighted by Gasteiger charge is -2.08. The van der Waals surface area contributed by atoms with E-state index in [9.17, 15) is 9.59 Å². The van der Waals surface area contributed by atoms with Gasteiger partial charge in [0.2, 0.25) is 0 Å². The molecule has 0 unspecified atom stereocenters. The summed E-state index contributed by atoms with van der Waals surface area (Å²) >= 11 is 0. The number of aryl methyl sites for hydroxylation is 1. The Labute approximate surface area is 189 Å². The Morgan fingerprint density at radius 1 is 0.939 bits per heavy atom. The maximum Gasteiger partial charge on any atom is 0.338 e. The predicted molar refractivity (Wildman–Crippen MR) is 127 cm³/mol. The van der Waals surface area contributed by atoms with Crippen molar-refractivity contribution in [2.45, 2.75) is 33.2 Å². The monoisotopic (exact) mass is 441 g/mol. The Balaban J connectivity index is 1.77. The quantitative estimate of drug-likeness (QED) is 0.366. The van der Waals surface area contributed by atoms with E-state index in [1.807, 2.05) is 42.7 Å². The largest absolute Gasteiger partial charge is 0.462 e. The van der Waals surface area contributed by atoms with E-state index in [0.717, 1.165) is 24.0 Å². The van der Waals surface area contributed by atoms with Crippen LogP contribution in [0.2, 0.25) is 0 Å². The first kappa shape index (κ1) is 20.8. The van der Waals surface area contributed by atoms with Crippen LogP contribution in [0.3, 0.4) is 0 Å². The average Bonchev–Trinajstić information content (AvgIpc) is 3.16. The van der Waals surface area contributed by atoms with Crippen LogP contribution >= 0.6 is 0 Å². The lowest BCUT2D eigenvalue weighted by Crippen LogP contribution is -2.20. The molecule has 3 heterocycles. The molecule has 2 aromatic carbocycles. The van der Waals surface area contributed by atoms with Crippen molar-refractivity contribution in [3.05, 3.63) is 70.8 Å². The topological polar surface area (TPSA) is 91.9 Å². The normalized spacial score (nSPS) is 11.5. The average molecular weight is 441 g/mol. The minimum atomic E-state index is -0.364. The van der Waals surface area contributed by atoms with Crippen LogP contribution in [0.25, 0.3) is 38.9 Å². The molecule has 0 fully saturated rings. The maximum atomic E-state index is 13.3. The van der Waals surface area contributed by atoms with Crippen LogP contribution in [-0.4, -0.2) is 36.7 Å². The molecule has 5 aromatic rings. The summed E-state index contributed by atoms with van der Waals surface area (Å²) in [4.78, 5) is 39.8. The van der Waals surface area contributed by atoms with Crippen LogP contribution in [-0.2, 0) is 11.3 Å². The Kier molecular flexibility index (Phi) is 5.34. The smallest absolute Gasteiger partial charge is 0.338 e. The number of hydrogen-bond acceptors (Lipinski definition) is 6. The highest BCUT2D eigenvalue weighted by atomic mass is 16.5. The Hall–Kier alpha value is -4.07. The van der Waals surface area contributed by atoms with Gasteiger partial charge in [0.1, 0.15) is 10.9 Å². The van der Waals surface area contributed by atoms with Crippen molar-refractivity contribution < 1.29 is 9.53 Å². The van der Waals surface area contributed by atoms with Gasteiger partial charge >= 0.3 is 5.97 Å². The van der Waals surface area contributed by atoms with Gasteiger partial charge in [0, 0.05) is 12.2 Å². The van der Waals surface area contributed by atoms with Gasteiger partial charge in [0.25, 0.3) is 5.56 Å². The molecule has 0 amide bonds. The van der Waals surface area contributed by atoms with Crippen molar-refractivity contribution in [3.8, 4) is 5.69 Å². The molecule has 0 saturated carbocycles. The highest BCUT2D eigenvalue weighted by Crippen LogP contribution is 2.28. The SMILES string of the molecule is CCCOC(=O)c1ccc(-n2c3nc4ccccc4nc3c3c(=O)n(CCC)cnc32)cc1. The number of hydrogen-bond donors (Lipinski definition) is 0. The number of carbonyl (C=O) groups excluding carboxylic acids is 1. The molecule has 0 aliphatic carbocycles. The van der Waals surface area contributed by atoms with Gasteiger partial charge in [-0.2, -0.15) is 0 Å². The first-order valence-corrected chi connectivity index (χ1v) is 11.1. The molecular weight excluding hydrogens is 418 g/mol. The van der Waals surface area contributed by atoms with Gasteiger partial charge in [0.05, 0.1) is 29.5 Å². The van der Waals surface area contributed by atoms with Crippen LogP contribution in [0, 0.1) is 0 Å². The zero-order valence-corrected chi connectivity index (χ0v) is 18.5. The third-order valence-electron chi connectivity index (χ3n) is 5.49. The molecule has 0 radical (unpaired) electrons. The Morgan fingerprint density at radius 3 is 2.36 bits per heavy atom. The Bertz CT molecular complexity index is 1550. The fourth-order valence-electron chi connectivity index (χ4n) is 3.94. The van der Waals surface area contributed by atoms with E-state index in [-0.39, 0.29) is 11.5 Å². The summed E-state index contributed by atoms with van der Waals surface area (Å²) in [6.45, 7) is 4.92. The molecule has 33 heavy (non-hydrogen) atoms. The van der Waals surface area contributed by atoms with Gasteiger partial charge < -0.3 is 4.74 Å². The maximum absolute atomic E-state index is 13.3. The minimum absolute atomic E-state index is 0.144. The molecule has 0 saturated heterocycles. The fraction of sp³-hybridized carbons (Fsp3) is 0.240. The number of nitrogens with zero attached hydrogens (tertiary/aromatic N) is 5. The van der Waals surface area contributed by atoms with E-state index in [4.69, 9.17) is 14.7 Å². The molecule has 0 bridgehead atoms. The second kappa shape index (κ2) is 8.46. The Morgan fingerprint density at radius 2 is 1.67 bits per heavy atom. The third kappa shape index (κ3) is 3.53. The third-order valence-corrected chi connectivity index (χ3v) is 5.49. The number of rotatable bonds is 6. The van der Waals surface area contributed by atoms with E-state index in [1.165, 1.54) is 0 Å². The zero-order chi connectivity index (χ0) is 22.9. The number of fused-ring (bicyclic) bond motifs is 4. The summed E-state index contributed by atoms with van der Waals surface area (Å²) in [6.07, 6.45) is 3.15. The summed E-state index contributed by atoms with van der Waals surface area (Å²) in [5.41, 5.74) is 4.02. The highest BCUT2D eigenvalue weighted by Gasteiger charge is 2.21. The molecule has 0 aliphatic heterocycles. The molecule has 166 valence electrons. The van der Waals surface area contributed by atoms with Crippen LogP contribution in [0.1, 0.15) is 37.0 Å². The summed E-state index contributed by atoms with van der Waals surface area (Å²) < 4.78 is 8.65. The predicted octanol–water partition coefficient (Wildman–Crippen LogP) is 4.26. The number of esters is 1. The highest BCUT2D eigenvalue weighted by molar-refractivity contribution is 6.05. The van der Waals surface area contributed by atoms with Gasteiger partial charge in [0.15, 0.2) is 11.3 Å². The van der Waals surface area contributed by atoms with Crippen molar-refractivity contribution in [2.75, 3.05) is 6.61 Å². The molecule has 8 heteroatoms. The van der Waals surface area contributed by atoms with E-state index < -0.39 is 0 Å². The molecule has 0 atom stereocenters. The van der Waals surface area contributed by atoms with Crippen molar-refractivity contribution in [2.24, 2.45) is 0 Å². The molecule has 0 aliphatic rings. The van der Waals surface area contributed by atoms with E-state index in [2.05, 4.69) is 4.98 Å². The molecule has 3 aromatic heterocycles. The van der Waals surface area contributed by atoms with E-state index in [0.29, 0.717) is 46.4 Å². The summed E-state index contributed by atoms with van der Waals surface area (Å²) in [5.74, 6) is -0.364. The van der Waals surface area contributed by atoms with E-state index >= 15 is 0 Å². The van der Waals surface area contributed by atoms with Crippen molar-refractivity contribution in [1.29, 1.82) is 0 Å². The van der Waals surface area contributed by atoms with Crippen molar-refractivity contribution in [1.82, 2.24) is 24.1 Å². The lowest BCUT2D eigenvalue weighted by molar-refractivity contribution is 0.0505. The summed E-state index contributed by atoms with van der Waals surface area (Å²) in [6, 6.07) is 14.6. The van der Waals surface area contributed by atoms with Gasteiger partial charge in [-0.3, -0.25) is 13.9 Å². The molecule has 0 N–H and O–H groups in total. The van der Waals surface area contributed by atoms with Crippen molar-refractivity contribution >= 4 is 39.2 Å². The van der Waals surface area contributed by atoms with Gasteiger partial charge in [-0.25, -0.2) is 19.7 Å². The molecule has 0 spiro atoms. The van der Waals surface area contributed by atoms with Crippen LogP contribution in [0.4, 0.5) is 0 Å². The standard InChI is InChI=1S/C25H23N5O3/c1-3-13-29-15-26-22-20(24(29)31)21-23(28-19-8-6-5-7-18(19)27-21)30(22)17-11-9-16(10-12-17)25(32)33-14-4-2/h5-12,15H,3-4,13-14H2,1-2H3. The lowest BCUT2D eigenvalue weighted by atomic mass is 10.2. The van der Waals surface area contributed by atoms with Gasteiger partial charge in [-0.05, 0) is 49.2 Å². The number of aromatic nitrogens is 5. The number of carbonyl (C=O) groups is 1.